The molecule has 1 amide bonds. The summed E-state index contributed by atoms with van der Waals surface area (Å²) in [5.74, 6) is -0.368. The Labute approximate surface area is 111 Å². The minimum Gasteiger partial charge on any atom is -0.465 e. The van der Waals surface area contributed by atoms with E-state index in [2.05, 4.69) is 10.2 Å². The van der Waals surface area contributed by atoms with E-state index in [9.17, 15) is 9.59 Å². The molecule has 3 rings (SSSR count). The van der Waals surface area contributed by atoms with Crippen molar-refractivity contribution >= 4 is 23.3 Å². The highest BCUT2D eigenvalue weighted by Crippen LogP contribution is 2.36. The summed E-state index contributed by atoms with van der Waals surface area (Å²) in [4.78, 5) is 25.7. The van der Waals surface area contributed by atoms with Gasteiger partial charge in [0.25, 0.3) is 0 Å². The molecule has 100 valence electrons. The molecule has 0 spiro atoms. The topological polar surface area (TPSA) is 58.6 Å². The molecule has 5 nitrogen and oxygen atoms in total. The number of hydrogen-bond acceptors (Lipinski definition) is 4. The van der Waals surface area contributed by atoms with Crippen LogP contribution in [-0.4, -0.2) is 31.6 Å². The molecule has 1 unspecified atom stereocenters. The quantitative estimate of drug-likeness (QED) is 0.782. The van der Waals surface area contributed by atoms with Crippen LogP contribution in [0.4, 0.5) is 11.4 Å². The van der Waals surface area contributed by atoms with Crippen LogP contribution in [0.15, 0.2) is 18.2 Å². The van der Waals surface area contributed by atoms with Gasteiger partial charge in [0, 0.05) is 6.54 Å². The lowest BCUT2D eigenvalue weighted by Crippen LogP contribution is -2.50. The van der Waals surface area contributed by atoms with E-state index in [4.69, 9.17) is 4.74 Å². The summed E-state index contributed by atoms with van der Waals surface area (Å²) in [6.07, 6.45) is 3.08. The lowest BCUT2D eigenvalue weighted by Gasteiger charge is -2.41. The van der Waals surface area contributed by atoms with Gasteiger partial charge in [0.1, 0.15) is 6.04 Å². The van der Waals surface area contributed by atoms with E-state index < -0.39 is 5.97 Å². The molecule has 1 aromatic rings. The Morgan fingerprint density at radius 2 is 2.26 bits per heavy atom. The van der Waals surface area contributed by atoms with Gasteiger partial charge >= 0.3 is 5.97 Å². The summed E-state index contributed by atoms with van der Waals surface area (Å²) in [5.41, 5.74) is 2.15. The molecule has 0 saturated carbocycles. The van der Waals surface area contributed by atoms with Crippen LogP contribution in [0.2, 0.25) is 0 Å². The average Bonchev–Trinajstić information content (AvgIpc) is 2.46. The van der Waals surface area contributed by atoms with Crippen LogP contribution in [0.3, 0.4) is 0 Å². The summed E-state index contributed by atoms with van der Waals surface area (Å²) < 4.78 is 4.70. The number of carbonyl (C=O) groups excluding carboxylic acids is 2. The Bertz CT molecular complexity index is 541. The summed E-state index contributed by atoms with van der Waals surface area (Å²) in [7, 11) is 1.35. The van der Waals surface area contributed by atoms with Gasteiger partial charge in [-0.05, 0) is 37.5 Å². The lowest BCUT2D eigenvalue weighted by atomic mass is 9.97. The Morgan fingerprint density at radius 1 is 1.42 bits per heavy atom. The van der Waals surface area contributed by atoms with Gasteiger partial charge in [0.15, 0.2) is 0 Å². The Morgan fingerprint density at radius 3 is 3.05 bits per heavy atom. The molecular formula is C14H16N2O3. The number of anilines is 2. The molecule has 2 aliphatic heterocycles. The molecule has 0 aromatic heterocycles. The van der Waals surface area contributed by atoms with Crippen LogP contribution in [-0.2, 0) is 9.53 Å². The molecule has 1 atom stereocenters. The number of benzene rings is 1. The molecule has 2 heterocycles. The van der Waals surface area contributed by atoms with Gasteiger partial charge in [0.2, 0.25) is 5.91 Å². The van der Waals surface area contributed by atoms with Crippen molar-refractivity contribution in [1.82, 2.24) is 0 Å². The number of esters is 1. The molecule has 0 radical (unpaired) electrons. The Kier molecular flexibility index (Phi) is 2.89. The molecular weight excluding hydrogens is 244 g/mol. The van der Waals surface area contributed by atoms with Gasteiger partial charge in [-0.15, -0.1) is 0 Å². The van der Waals surface area contributed by atoms with Crippen molar-refractivity contribution < 1.29 is 14.3 Å². The third-order valence-corrected chi connectivity index (χ3v) is 3.79. The van der Waals surface area contributed by atoms with Gasteiger partial charge in [0.05, 0.1) is 24.0 Å². The second-order valence-corrected chi connectivity index (χ2v) is 4.92. The zero-order chi connectivity index (χ0) is 13.4. The molecule has 19 heavy (non-hydrogen) atoms. The number of rotatable bonds is 1. The smallest absolute Gasteiger partial charge is 0.337 e. The van der Waals surface area contributed by atoms with Crippen molar-refractivity contribution in [2.75, 3.05) is 23.9 Å². The van der Waals surface area contributed by atoms with Crippen molar-refractivity contribution in [2.45, 2.75) is 25.3 Å². The zero-order valence-electron chi connectivity index (χ0n) is 10.8. The minimum atomic E-state index is -0.391. The number of amides is 1. The molecule has 2 aliphatic rings. The van der Waals surface area contributed by atoms with Crippen LogP contribution >= 0.6 is 0 Å². The normalized spacial score (nSPS) is 21.2. The van der Waals surface area contributed by atoms with Crippen molar-refractivity contribution in [2.24, 2.45) is 0 Å². The second-order valence-electron chi connectivity index (χ2n) is 4.92. The monoisotopic (exact) mass is 260 g/mol. The molecule has 1 saturated heterocycles. The van der Waals surface area contributed by atoms with Gasteiger partial charge < -0.3 is 15.0 Å². The molecule has 0 aliphatic carbocycles. The largest absolute Gasteiger partial charge is 0.465 e. The first-order chi connectivity index (χ1) is 9.20. The van der Waals surface area contributed by atoms with Crippen LogP contribution in [0.1, 0.15) is 29.6 Å². The third kappa shape index (κ3) is 1.95. The van der Waals surface area contributed by atoms with Crippen molar-refractivity contribution in [3.63, 3.8) is 0 Å². The number of nitrogens with zero attached hydrogens (tertiary/aromatic N) is 1. The Hall–Kier alpha value is -2.04. The zero-order valence-corrected chi connectivity index (χ0v) is 10.8. The number of methoxy groups -OCH3 is 1. The van der Waals surface area contributed by atoms with E-state index in [1.165, 1.54) is 7.11 Å². The Balaban J connectivity index is 2.00. The molecule has 1 aromatic carbocycles. The van der Waals surface area contributed by atoms with Crippen LogP contribution in [0.5, 0.6) is 0 Å². The maximum Gasteiger partial charge on any atom is 0.337 e. The summed E-state index contributed by atoms with van der Waals surface area (Å²) in [5, 5.41) is 2.89. The fourth-order valence-electron chi connectivity index (χ4n) is 2.84. The number of piperidine rings is 1. The highest BCUT2D eigenvalue weighted by Gasteiger charge is 2.34. The SMILES string of the molecule is COC(=O)c1ccc2c(c1)NC(=O)C1CCCCN21. The summed E-state index contributed by atoms with van der Waals surface area (Å²) in [6.45, 7) is 0.892. The number of nitrogens with one attached hydrogen (secondary N) is 1. The van der Waals surface area contributed by atoms with Crippen molar-refractivity contribution in [1.29, 1.82) is 0 Å². The average molecular weight is 260 g/mol. The molecule has 1 N–H and O–H groups in total. The summed E-state index contributed by atoms with van der Waals surface area (Å²) in [6, 6.07) is 5.25. The first kappa shape index (κ1) is 12.0. The highest BCUT2D eigenvalue weighted by molar-refractivity contribution is 6.05. The van der Waals surface area contributed by atoms with Gasteiger partial charge in [-0.3, -0.25) is 4.79 Å². The van der Waals surface area contributed by atoms with Gasteiger partial charge in [-0.2, -0.15) is 0 Å². The van der Waals surface area contributed by atoms with E-state index in [0.29, 0.717) is 11.3 Å². The third-order valence-electron chi connectivity index (χ3n) is 3.79. The number of ether oxygens (including phenoxy) is 1. The number of hydrogen-bond donors (Lipinski definition) is 1. The van der Waals surface area contributed by atoms with Crippen LogP contribution in [0, 0.1) is 0 Å². The summed E-state index contributed by atoms with van der Waals surface area (Å²) >= 11 is 0. The fraction of sp³-hybridized carbons (Fsp3) is 0.429. The van der Waals surface area contributed by atoms with E-state index in [-0.39, 0.29) is 11.9 Å². The predicted molar refractivity (Wildman–Crippen MR) is 71.4 cm³/mol. The lowest BCUT2D eigenvalue weighted by molar-refractivity contribution is -0.118. The molecule has 1 fully saturated rings. The maximum absolute atomic E-state index is 12.1. The second kappa shape index (κ2) is 4.57. The van der Waals surface area contributed by atoms with Crippen LogP contribution < -0.4 is 10.2 Å². The van der Waals surface area contributed by atoms with Crippen molar-refractivity contribution in [3.8, 4) is 0 Å². The van der Waals surface area contributed by atoms with Gasteiger partial charge in [-0.25, -0.2) is 4.79 Å². The predicted octanol–water partition coefficient (Wildman–Crippen LogP) is 1.78. The van der Waals surface area contributed by atoms with E-state index in [1.54, 1.807) is 12.1 Å². The fourth-order valence-corrected chi connectivity index (χ4v) is 2.84. The van der Waals surface area contributed by atoms with Gasteiger partial charge in [-0.1, -0.05) is 0 Å². The minimum absolute atomic E-state index is 0.0224. The van der Waals surface area contributed by atoms with Crippen LogP contribution in [0.25, 0.3) is 0 Å². The molecule has 5 heteroatoms. The number of fused-ring (bicyclic) bond motifs is 3. The van der Waals surface area contributed by atoms with E-state index >= 15 is 0 Å². The molecule has 0 bridgehead atoms. The first-order valence-corrected chi connectivity index (χ1v) is 6.50. The maximum atomic E-state index is 12.1. The standard InChI is InChI=1S/C14H16N2O3/c1-19-14(18)9-5-6-11-10(8-9)15-13(17)12-4-2-3-7-16(11)12/h5-6,8,12H,2-4,7H2,1H3,(H,15,17). The number of carbonyl (C=O) groups is 2. The highest BCUT2D eigenvalue weighted by atomic mass is 16.5. The van der Waals surface area contributed by atoms with E-state index in [1.807, 2.05) is 6.07 Å². The van der Waals surface area contributed by atoms with Crippen molar-refractivity contribution in [3.05, 3.63) is 23.8 Å². The first-order valence-electron chi connectivity index (χ1n) is 6.50. The van der Waals surface area contributed by atoms with E-state index in [0.717, 1.165) is 31.5 Å².